The van der Waals surface area contributed by atoms with Crippen LogP contribution in [0, 0.1) is 17.2 Å². The molecule has 0 aliphatic heterocycles. The molecule has 0 heterocycles. The molecule has 21 heavy (non-hydrogen) atoms. The molecule has 1 unspecified atom stereocenters. The third-order valence-corrected chi connectivity index (χ3v) is 2.85. The topological polar surface area (TPSA) is 99.4 Å². The Labute approximate surface area is 123 Å². The van der Waals surface area contributed by atoms with Crippen LogP contribution in [0.2, 0.25) is 0 Å². The third kappa shape index (κ3) is 6.97. The van der Waals surface area contributed by atoms with Crippen LogP contribution in [-0.4, -0.2) is 30.1 Å². The lowest BCUT2D eigenvalue weighted by Gasteiger charge is -2.12. The van der Waals surface area contributed by atoms with E-state index in [0.717, 1.165) is 0 Å². The van der Waals surface area contributed by atoms with Crippen LogP contribution in [0.5, 0.6) is 5.75 Å². The molecular weight excluding hydrogens is 272 g/mol. The van der Waals surface area contributed by atoms with E-state index in [1.807, 2.05) is 13.0 Å². The van der Waals surface area contributed by atoms with Gasteiger partial charge < -0.3 is 15.2 Å². The van der Waals surface area contributed by atoms with Crippen molar-refractivity contribution in [1.29, 1.82) is 5.26 Å². The van der Waals surface area contributed by atoms with E-state index in [0.29, 0.717) is 24.3 Å². The molecule has 0 saturated heterocycles. The largest absolute Gasteiger partial charge is 0.484 e. The van der Waals surface area contributed by atoms with E-state index < -0.39 is 5.97 Å². The maximum atomic E-state index is 11.6. The standard InChI is InChI=1S/C15H18N2O4/c1-11(2-7-15(19)20)9-17-14(18)10-21-13-5-3-12(8-16)4-6-13/h3-6,11H,2,7,9-10H2,1H3,(H,17,18)(H,19,20). The molecule has 0 saturated carbocycles. The summed E-state index contributed by atoms with van der Waals surface area (Å²) in [7, 11) is 0. The van der Waals surface area contributed by atoms with Crippen molar-refractivity contribution in [2.24, 2.45) is 5.92 Å². The van der Waals surface area contributed by atoms with Crippen molar-refractivity contribution in [2.45, 2.75) is 19.8 Å². The van der Waals surface area contributed by atoms with E-state index >= 15 is 0 Å². The summed E-state index contributed by atoms with van der Waals surface area (Å²) in [4.78, 5) is 22.0. The number of nitrogens with zero attached hydrogens (tertiary/aromatic N) is 1. The number of rotatable bonds is 8. The van der Waals surface area contributed by atoms with Crippen LogP contribution >= 0.6 is 0 Å². The first-order chi connectivity index (χ1) is 10.0. The molecule has 0 aliphatic carbocycles. The summed E-state index contributed by atoms with van der Waals surface area (Å²) < 4.78 is 5.28. The lowest BCUT2D eigenvalue weighted by molar-refractivity contribution is -0.137. The highest BCUT2D eigenvalue weighted by Crippen LogP contribution is 2.11. The van der Waals surface area contributed by atoms with Gasteiger partial charge >= 0.3 is 5.97 Å². The highest BCUT2D eigenvalue weighted by Gasteiger charge is 2.08. The Kier molecular flexibility index (Phi) is 6.75. The fourth-order valence-corrected chi connectivity index (χ4v) is 1.59. The number of benzene rings is 1. The minimum Gasteiger partial charge on any atom is -0.484 e. The predicted molar refractivity (Wildman–Crippen MR) is 75.7 cm³/mol. The second-order valence-electron chi connectivity index (χ2n) is 4.77. The predicted octanol–water partition coefficient (Wildman–Crippen LogP) is 1.55. The average molecular weight is 290 g/mol. The van der Waals surface area contributed by atoms with Crippen molar-refractivity contribution in [3.05, 3.63) is 29.8 Å². The molecule has 0 radical (unpaired) electrons. The molecule has 6 nitrogen and oxygen atoms in total. The van der Waals surface area contributed by atoms with Crippen molar-refractivity contribution < 1.29 is 19.4 Å². The summed E-state index contributed by atoms with van der Waals surface area (Å²) in [6.45, 7) is 2.19. The third-order valence-electron chi connectivity index (χ3n) is 2.85. The smallest absolute Gasteiger partial charge is 0.303 e. The molecular formula is C15H18N2O4. The average Bonchev–Trinajstić information content (AvgIpc) is 2.49. The Morgan fingerprint density at radius 2 is 2.05 bits per heavy atom. The van der Waals surface area contributed by atoms with E-state index in [-0.39, 0.29) is 24.9 Å². The number of hydrogen-bond acceptors (Lipinski definition) is 4. The number of nitrogens with one attached hydrogen (secondary N) is 1. The van der Waals surface area contributed by atoms with Gasteiger partial charge in [-0.1, -0.05) is 6.92 Å². The van der Waals surface area contributed by atoms with E-state index in [4.69, 9.17) is 15.1 Å². The summed E-state index contributed by atoms with van der Waals surface area (Å²) in [5.74, 6) is -0.484. The summed E-state index contributed by atoms with van der Waals surface area (Å²) in [6, 6.07) is 8.47. The van der Waals surface area contributed by atoms with Crippen LogP contribution in [0.4, 0.5) is 0 Å². The summed E-state index contributed by atoms with van der Waals surface area (Å²) in [5.41, 5.74) is 0.527. The molecule has 1 atom stereocenters. The van der Waals surface area contributed by atoms with Gasteiger partial charge in [-0.25, -0.2) is 0 Å². The first kappa shape index (κ1) is 16.5. The highest BCUT2D eigenvalue weighted by atomic mass is 16.5. The minimum atomic E-state index is -0.836. The number of carbonyl (C=O) groups is 2. The summed E-state index contributed by atoms with van der Waals surface area (Å²) >= 11 is 0. The molecule has 0 spiro atoms. The lowest BCUT2D eigenvalue weighted by atomic mass is 10.1. The molecule has 0 aromatic heterocycles. The highest BCUT2D eigenvalue weighted by molar-refractivity contribution is 5.77. The molecule has 1 aromatic rings. The second-order valence-corrected chi connectivity index (χ2v) is 4.77. The van der Waals surface area contributed by atoms with Gasteiger partial charge in [-0.2, -0.15) is 5.26 Å². The van der Waals surface area contributed by atoms with Gasteiger partial charge in [0.1, 0.15) is 5.75 Å². The lowest BCUT2D eigenvalue weighted by Crippen LogP contribution is -2.32. The van der Waals surface area contributed by atoms with Gasteiger partial charge in [0.2, 0.25) is 0 Å². The van der Waals surface area contributed by atoms with Gasteiger partial charge in [0, 0.05) is 13.0 Å². The van der Waals surface area contributed by atoms with Gasteiger partial charge in [0.25, 0.3) is 5.91 Å². The molecule has 1 aromatic carbocycles. The first-order valence-corrected chi connectivity index (χ1v) is 6.62. The van der Waals surface area contributed by atoms with Crippen molar-refractivity contribution in [3.8, 4) is 11.8 Å². The Morgan fingerprint density at radius 1 is 1.38 bits per heavy atom. The van der Waals surface area contributed by atoms with Crippen molar-refractivity contribution in [2.75, 3.05) is 13.2 Å². The number of hydrogen-bond donors (Lipinski definition) is 2. The monoisotopic (exact) mass is 290 g/mol. The van der Waals surface area contributed by atoms with Crippen molar-refractivity contribution in [1.82, 2.24) is 5.32 Å². The zero-order valence-corrected chi connectivity index (χ0v) is 11.8. The first-order valence-electron chi connectivity index (χ1n) is 6.62. The fraction of sp³-hybridized carbons (Fsp3) is 0.400. The molecule has 2 N–H and O–H groups in total. The van der Waals surface area contributed by atoms with Crippen LogP contribution in [0.1, 0.15) is 25.3 Å². The molecule has 0 fully saturated rings. The Bertz CT molecular complexity index is 519. The van der Waals surface area contributed by atoms with Crippen LogP contribution in [0.25, 0.3) is 0 Å². The van der Waals surface area contributed by atoms with Crippen LogP contribution in [-0.2, 0) is 9.59 Å². The number of nitriles is 1. The zero-order valence-electron chi connectivity index (χ0n) is 11.8. The van der Waals surface area contributed by atoms with Gasteiger partial charge in [-0.15, -0.1) is 0 Å². The number of carbonyl (C=O) groups excluding carboxylic acids is 1. The molecule has 0 aliphatic rings. The molecule has 1 rings (SSSR count). The van der Waals surface area contributed by atoms with Crippen LogP contribution in [0.15, 0.2) is 24.3 Å². The Hall–Kier alpha value is -2.55. The Balaban J connectivity index is 2.24. The van der Waals surface area contributed by atoms with Gasteiger partial charge in [-0.3, -0.25) is 9.59 Å². The Morgan fingerprint density at radius 3 is 2.62 bits per heavy atom. The van der Waals surface area contributed by atoms with E-state index in [1.54, 1.807) is 24.3 Å². The minimum absolute atomic E-state index is 0.0960. The normalized spacial score (nSPS) is 11.2. The summed E-state index contributed by atoms with van der Waals surface area (Å²) in [5, 5.41) is 19.9. The molecule has 1 amide bonds. The van der Waals surface area contributed by atoms with Gasteiger partial charge in [0.15, 0.2) is 6.61 Å². The second kappa shape index (κ2) is 8.59. The van der Waals surface area contributed by atoms with Gasteiger partial charge in [-0.05, 0) is 36.6 Å². The molecule has 6 heteroatoms. The van der Waals surface area contributed by atoms with Crippen molar-refractivity contribution in [3.63, 3.8) is 0 Å². The summed E-state index contributed by atoms with van der Waals surface area (Å²) in [6.07, 6.45) is 0.616. The zero-order chi connectivity index (χ0) is 15.7. The SMILES string of the molecule is CC(CCC(=O)O)CNC(=O)COc1ccc(C#N)cc1. The van der Waals surface area contributed by atoms with Crippen LogP contribution in [0.3, 0.4) is 0 Å². The van der Waals surface area contributed by atoms with Crippen molar-refractivity contribution >= 4 is 11.9 Å². The number of carboxylic acids is 1. The maximum Gasteiger partial charge on any atom is 0.303 e. The number of amides is 1. The fourth-order valence-electron chi connectivity index (χ4n) is 1.59. The van der Waals surface area contributed by atoms with E-state index in [1.165, 1.54) is 0 Å². The number of aliphatic carboxylic acids is 1. The quantitative estimate of drug-likeness (QED) is 0.756. The maximum absolute atomic E-state index is 11.6. The number of ether oxygens (including phenoxy) is 1. The van der Waals surface area contributed by atoms with Gasteiger partial charge in [0.05, 0.1) is 11.6 Å². The molecule has 0 bridgehead atoms. The van der Waals surface area contributed by atoms with Crippen LogP contribution < -0.4 is 10.1 Å². The number of carboxylic acid groups (broad SMARTS) is 1. The molecule has 112 valence electrons. The van der Waals surface area contributed by atoms with E-state index in [2.05, 4.69) is 5.32 Å². The van der Waals surface area contributed by atoms with E-state index in [9.17, 15) is 9.59 Å².